The van der Waals surface area contributed by atoms with Gasteiger partial charge in [0.25, 0.3) is 0 Å². The van der Waals surface area contributed by atoms with Crippen LogP contribution in [0.3, 0.4) is 0 Å². The highest BCUT2D eigenvalue weighted by Crippen LogP contribution is 2.16. The normalized spacial score (nSPS) is 11.4. The van der Waals surface area contributed by atoms with E-state index in [0.29, 0.717) is 38.9 Å². The van der Waals surface area contributed by atoms with Crippen molar-refractivity contribution in [2.45, 2.75) is 208 Å². The van der Waals surface area contributed by atoms with E-state index in [9.17, 15) is 9.59 Å². The number of nitrogens with zero attached hydrogens (tertiary/aromatic N) is 2. The minimum Gasteiger partial charge on any atom is -0.465 e. The van der Waals surface area contributed by atoms with Crippen LogP contribution < -0.4 is 9.13 Å². The molecule has 0 unspecified atom stereocenters. The van der Waals surface area contributed by atoms with Gasteiger partial charge in [-0.1, -0.05) is 139 Å². The maximum Gasteiger partial charge on any atom is 0.305 e. The van der Waals surface area contributed by atoms with Crippen LogP contribution in [0.25, 0.3) is 0 Å². The fourth-order valence-corrected chi connectivity index (χ4v) is 8.58. The quantitative estimate of drug-likeness (QED) is 0.0416. The van der Waals surface area contributed by atoms with Gasteiger partial charge in [0.15, 0.2) is 11.4 Å². The van der Waals surface area contributed by atoms with Gasteiger partial charge in [-0.2, -0.15) is 9.13 Å². The molecule has 0 atom stereocenters. The summed E-state index contributed by atoms with van der Waals surface area (Å²) in [5.74, 6) is -0.352. The smallest absolute Gasteiger partial charge is 0.305 e. The summed E-state index contributed by atoms with van der Waals surface area (Å²) in [6.07, 6.45) is 30.6. The molecular formula is C42H74N2O4S2+2. The average Bonchev–Trinajstić information content (AvgIpc) is 3.64. The lowest BCUT2D eigenvalue weighted by Gasteiger charge is -2.05. The molecule has 0 aromatic carbocycles. The van der Waals surface area contributed by atoms with Crippen molar-refractivity contribution in [3.8, 4) is 0 Å². The number of thiazole rings is 2. The van der Waals surface area contributed by atoms with Crippen molar-refractivity contribution in [1.29, 1.82) is 0 Å². The Kier molecular flexibility index (Phi) is 26.4. The van der Waals surface area contributed by atoms with Crippen molar-refractivity contribution in [2.75, 3.05) is 13.2 Å². The van der Waals surface area contributed by atoms with Crippen LogP contribution in [-0.2, 0) is 45.0 Å². The molecule has 0 aliphatic heterocycles. The molecule has 0 bridgehead atoms. The molecule has 0 N–H and O–H groups in total. The van der Waals surface area contributed by atoms with Crippen molar-refractivity contribution in [3.05, 3.63) is 32.2 Å². The zero-order valence-corrected chi connectivity index (χ0v) is 34.3. The lowest BCUT2D eigenvalue weighted by Crippen LogP contribution is -2.34. The van der Waals surface area contributed by atoms with Gasteiger partial charge >= 0.3 is 11.9 Å². The Balaban J connectivity index is 1.45. The zero-order valence-electron chi connectivity index (χ0n) is 32.7. The number of ether oxygens (including phenoxy) is 2. The monoisotopic (exact) mass is 735 g/mol. The van der Waals surface area contributed by atoms with Gasteiger partial charge in [0, 0.05) is 52.4 Å². The van der Waals surface area contributed by atoms with Crippen LogP contribution in [0.15, 0.2) is 11.0 Å². The van der Waals surface area contributed by atoms with E-state index in [1.54, 1.807) is 22.7 Å². The number of esters is 2. The van der Waals surface area contributed by atoms with Crippen LogP contribution >= 0.6 is 22.7 Å². The largest absolute Gasteiger partial charge is 0.465 e. The summed E-state index contributed by atoms with van der Waals surface area (Å²) < 4.78 is 15.8. The first-order chi connectivity index (χ1) is 24.5. The molecule has 0 amide bonds. The fourth-order valence-electron chi connectivity index (χ4n) is 6.56. The molecule has 0 saturated carbocycles. The second-order valence-electron chi connectivity index (χ2n) is 14.4. The van der Waals surface area contributed by atoms with Crippen LogP contribution in [0.4, 0.5) is 0 Å². The van der Waals surface area contributed by atoms with E-state index in [0.717, 1.165) is 25.9 Å². The van der Waals surface area contributed by atoms with Crippen molar-refractivity contribution in [3.63, 3.8) is 0 Å². The summed E-state index contributed by atoms with van der Waals surface area (Å²) in [6, 6.07) is 0. The Morgan fingerprint density at radius 1 is 0.500 bits per heavy atom. The van der Waals surface area contributed by atoms with E-state index in [-0.39, 0.29) is 11.9 Å². The molecule has 0 saturated heterocycles. The summed E-state index contributed by atoms with van der Waals surface area (Å²) >= 11 is 3.54. The van der Waals surface area contributed by atoms with Gasteiger partial charge in [-0.05, 0) is 25.7 Å². The van der Waals surface area contributed by atoms with E-state index in [4.69, 9.17) is 9.47 Å². The Morgan fingerprint density at radius 3 is 1.16 bits per heavy atom. The number of hydrogen-bond donors (Lipinski definition) is 0. The van der Waals surface area contributed by atoms with Crippen molar-refractivity contribution < 1.29 is 28.2 Å². The van der Waals surface area contributed by atoms with E-state index < -0.39 is 0 Å². The summed E-state index contributed by atoms with van der Waals surface area (Å²) in [7, 11) is 0. The maximum atomic E-state index is 12.3. The first kappa shape index (κ1) is 44.4. The van der Waals surface area contributed by atoms with E-state index in [1.165, 1.54) is 150 Å². The summed E-state index contributed by atoms with van der Waals surface area (Å²) in [4.78, 5) is 27.1. The topological polar surface area (TPSA) is 60.4 Å². The van der Waals surface area contributed by atoms with Gasteiger partial charge in [0.1, 0.15) is 13.1 Å². The number of unbranched alkanes of at least 4 members (excludes halogenated alkanes) is 19. The number of rotatable bonds is 33. The Bertz CT molecular complexity index is 1060. The molecule has 0 fully saturated rings. The number of carbonyl (C=O) groups is 2. The van der Waals surface area contributed by atoms with Crippen LogP contribution in [0.2, 0.25) is 0 Å². The van der Waals surface area contributed by atoms with Gasteiger partial charge in [0.05, 0.1) is 23.0 Å². The average molecular weight is 735 g/mol. The van der Waals surface area contributed by atoms with Crippen molar-refractivity contribution in [1.82, 2.24) is 0 Å². The van der Waals surface area contributed by atoms with Gasteiger partial charge in [-0.3, -0.25) is 9.59 Å². The van der Waals surface area contributed by atoms with E-state index >= 15 is 0 Å². The van der Waals surface area contributed by atoms with Crippen molar-refractivity contribution in [2.24, 2.45) is 0 Å². The summed E-state index contributed by atoms with van der Waals surface area (Å²) in [6.45, 7) is 11.9. The number of carbonyl (C=O) groups excluding carboxylic acids is 2. The second kappa shape index (κ2) is 29.7. The lowest BCUT2D eigenvalue weighted by molar-refractivity contribution is -0.698. The highest BCUT2D eigenvalue weighted by Gasteiger charge is 2.17. The van der Waals surface area contributed by atoms with Gasteiger partial charge in [0.2, 0.25) is 11.0 Å². The molecule has 0 radical (unpaired) electrons. The predicted molar refractivity (Wildman–Crippen MR) is 210 cm³/mol. The predicted octanol–water partition coefficient (Wildman–Crippen LogP) is 11.3. The Labute approximate surface area is 314 Å². The van der Waals surface area contributed by atoms with Crippen LogP contribution in [0.5, 0.6) is 0 Å². The molecule has 0 spiro atoms. The number of aryl methyl sites for hydroxylation is 2. The molecule has 0 aliphatic carbocycles. The van der Waals surface area contributed by atoms with Crippen LogP contribution in [0, 0.1) is 13.8 Å². The third kappa shape index (κ3) is 20.9. The van der Waals surface area contributed by atoms with Crippen LogP contribution in [0.1, 0.15) is 189 Å². The molecule has 2 rings (SSSR count). The van der Waals surface area contributed by atoms with E-state index in [2.05, 4.69) is 47.9 Å². The SMILES string of the molecule is CCCCCCCCCCCC[n+]1csc(CCOC(=O)CCCCC(=O)OCCc2sc[n+](CCCCCCCCCCCC)c2C)c1C. The highest BCUT2D eigenvalue weighted by atomic mass is 32.1. The standard InChI is InChI=1S/C42H74N2O4S2/c1-5-7-9-11-13-15-17-19-21-25-31-43-35-49-39(37(43)3)29-33-47-41(45)27-23-24-28-42(46)48-34-30-40-38(4)44(36-50-40)32-26-22-20-18-16-14-12-10-8-6-2/h35-36H,5-34H2,1-4H3/q+2. The minimum atomic E-state index is -0.176. The highest BCUT2D eigenvalue weighted by molar-refractivity contribution is 7.09. The molecule has 2 aromatic rings. The van der Waals surface area contributed by atoms with Gasteiger partial charge in [-0.15, -0.1) is 0 Å². The van der Waals surface area contributed by atoms with Gasteiger partial charge < -0.3 is 9.47 Å². The number of hydrogen-bond acceptors (Lipinski definition) is 6. The van der Waals surface area contributed by atoms with Crippen molar-refractivity contribution >= 4 is 34.6 Å². The molecule has 2 heterocycles. The third-order valence-corrected chi connectivity index (χ3v) is 12.3. The third-order valence-electron chi connectivity index (χ3n) is 10.0. The Morgan fingerprint density at radius 2 is 0.820 bits per heavy atom. The number of aromatic nitrogens is 2. The summed E-state index contributed by atoms with van der Waals surface area (Å²) in [5, 5.41) is 0. The first-order valence-corrected chi connectivity index (χ1v) is 22.5. The lowest BCUT2D eigenvalue weighted by atomic mass is 10.1. The molecule has 286 valence electrons. The minimum absolute atomic E-state index is 0.176. The molecule has 6 nitrogen and oxygen atoms in total. The van der Waals surface area contributed by atoms with Gasteiger partial charge in [-0.25, -0.2) is 0 Å². The van der Waals surface area contributed by atoms with E-state index in [1.807, 2.05) is 0 Å². The maximum absolute atomic E-state index is 12.3. The second-order valence-corrected chi connectivity index (χ2v) is 16.2. The summed E-state index contributed by atoms with van der Waals surface area (Å²) in [5.41, 5.74) is 7.05. The molecule has 50 heavy (non-hydrogen) atoms. The fraction of sp³-hybridized carbons (Fsp3) is 0.810. The molecule has 2 aromatic heterocycles. The first-order valence-electron chi connectivity index (χ1n) is 20.7. The van der Waals surface area contributed by atoms with Crippen LogP contribution in [-0.4, -0.2) is 25.2 Å². The molecular weight excluding hydrogens is 661 g/mol. The molecule has 0 aliphatic rings. The Hall–Kier alpha value is -1.80. The molecule has 8 heteroatoms. The zero-order chi connectivity index (χ0) is 36.1.